The Balaban J connectivity index is 1.81. The second-order valence-corrected chi connectivity index (χ2v) is 13.7. The highest BCUT2D eigenvalue weighted by molar-refractivity contribution is 7.99. The number of carbonyl (C=O) groups is 3. The Kier molecular flexibility index (Phi) is 14.0. The first kappa shape index (κ1) is 35.7. The number of rotatable bonds is 15. The molecule has 9 heteroatoms. The van der Waals surface area contributed by atoms with Crippen molar-refractivity contribution in [3.63, 3.8) is 0 Å². The molecule has 0 aliphatic carbocycles. The lowest BCUT2D eigenvalue weighted by atomic mass is 9.98. The van der Waals surface area contributed by atoms with Crippen LogP contribution < -0.4 is 16.0 Å². The third kappa shape index (κ3) is 13.4. The van der Waals surface area contributed by atoms with Crippen molar-refractivity contribution in [2.45, 2.75) is 88.6 Å². The molecular formula is C36H47N3O5S. The maximum absolute atomic E-state index is 13.9. The number of nitrogens with one attached hydrogen (secondary N) is 3. The van der Waals surface area contributed by atoms with Gasteiger partial charge in [-0.05, 0) is 56.4 Å². The van der Waals surface area contributed by atoms with Crippen LogP contribution in [0.15, 0.2) is 95.9 Å². The highest BCUT2D eigenvalue weighted by Gasteiger charge is 2.31. The van der Waals surface area contributed by atoms with Gasteiger partial charge in [0.15, 0.2) is 0 Å². The van der Waals surface area contributed by atoms with Gasteiger partial charge in [-0.25, -0.2) is 4.79 Å². The van der Waals surface area contributed by atoms with Crippen LogP contribution in [0.1, 0.15) is 52.2 Å². The average Bonchev–Trinajstić information content (AvgIpc) is 2.99. The molecule has 0 radical (unpaired) electrons. The number of ether oxygens (including phenoxy) is 1. The van der Waals surface area contributed by atoms with E-state index in [4.69, 9.17) is 4.74 Å². The summed E-state index contributed by atoms with van der Waals surface area (Å²) in [7, 11) is 0. The van der Waals surface area contributed by atoms with E-state index in [1.165, 1.54) is 11.8 Å². The van der Waals surface area contributed by atoms with Crippen molar-refractivity contribution < 1.29 is 24.2 Å². The van der Waals surface area contributed by atoms with E-state index >= 15 is 0 Å². The molecule has 3 amide bonds. The fourth-order valence-electron chi connectivity index (χ4n) is 4.76. The molecule has 3 aromatic rings. The number of aliphatic hydroxyl groups is 1. The van der Waals surface area contributed by atoms with Crippen LogP contribution in [0, 0.1) is 5.92 Å². The zero-order valence-electron chi connectivity index (χ0n) is 26.9. The van der Waals surface area contributed by atoms with Crippen LogP contribution in [-0.4, -0.2) is 58.6 Å². The van der Waals surface area contributed by atoms with Crippen LogP contribution in [-0.2, 0) is 27.2 Å². The number of thioether (sulfide) groups is 1. The minimum absolute atomic E-state index is 0.205. The highest BCUT2D eigenvalue weighted by Crippen LogP contribution is 2.21. The molecule has 45 heavy (non-hydrogen) atoms. The Morgan fingerprint density at radius 2 is 1.20 bits per heavy atom. The smallest absolute Gasteiger partial charge is 0.408 e. The molecule has 8 nitrogen and oxygen atoms in total. The van der Waals surface area contributed by atoms with Gasteiger partial charge in [0.2, 0.25) is 11.8 Å². The average molecular weight is 634 g/mol. The molecule has 3 aromatic carbocycles. The molecular weight excluding hydrogens is 586 g/mol. The first-order valence-electron chi connectivity index (χ1n) is 15.4. The summed E-state index contributed by atoms with van der Waals surface area (Å²) in [6, 6.07) is 26.1. The highest BCUT2D eigenvalue weighted by atomic mass is 32.2. The van der Waals surface area contributed by atoms with Crippen molar-refractivity contribution in [3.8, 4) is 0 Å². The molecule has 4 atom stereocenters. The summed E-state index contributed by atoms with van der Waals surface area (Å²) in [6.45, 7) is 9.32. The molecule has 0 aliphatic heterocycles. The van der Waals surface area contributed by atoms with E-state index in [-0.39, 0.29) is 18.8 Å². The van der Waals surface area contributed by atoms with Crippen LogP contribution in [0.25, 0.3) is 0 Å². The van der Waals surface area contributed by atoms with Crippen molar-refractivity contribution in [2.24, 2.45) is 5.92 Å². The number of alkyl carbamates (subject to hydrolysis) is 1. The van der Waals surface area contributed by atoms with E-state index in [1.807, 2.05) is 105 Å². The maximum atomic E-state index is 13.9. The first-order chi connectivity index (χ1) is 21.4. The van der Waals surface area contributed by atoms with Gasteiger partial charge in [-0.2, -0.15) is 0 Å². The molecule has 242 valence electrons. The second-order valence-electron chi connectivity index (χ2n) is 12.6. The van der Waals surface area contributed by atoms with E-state index in [2.05, 4.69) is 16.0 Å². The number of amides is 3. The van der Waals surface area contributed by atoms with Crippen molar-refractivity contribution in [3.05, 3.63) is 102 Å². The van der Waals surface area contributed by atoms with Crippen LogP contribution in [0.5, 0.6) is 0 Å². The normalized spacial score (nSPS) is 14.1. The number of carbonyl (C=O) groups excluding carboxylic acids is 3. The second kappa shape index (κ2) is 17.6. The number of hydrogen-bond acceptors (Lipinski definition) is 6. The minimum atomic E-state index is -0.993. The van der Waals surface area contributed by atoms with E-state index in [0.29, 0.717) is 12.2 Å². The SMILES string of the molecule is CC(C)C[C@@H](NC(=O)[C@H](Cc1ccccc1)NC(=O)[C@H](Cc1ccccc1)NC(=O)OC(C)(C)C)[C@H](O)CSc1ccccc1. The molecule has 0 spiro atoms. The molecule has 0 saturated carbocycles. The predicted molar refractivity (Wildman–Crippen MR) is 180 cm³/mol. The number of hydrogen-bond donors (Lipinski definition) is 4. The monoisotopic (exact) mass is 633 g/mol. The first-order valence-corrected chi connectivity index (χ1v) is 16.4. The maximum Gasteiger partial charge on any atom is 0.408 e. The Morgan fingerprint density at radius 1 is 0.733 bits per heavy atom. The van der Waals surface area contributed by atoms with Gasteiger partial charge in [0.1, 0.15) is 17.7 Å². The molecule has 3 rings (SSSR count). The Labute approximate surface area is 271 Å². The van der Waals surface area contributed by atoms with Crippen molar-refractivity contribution in [2.75, 3.05) is 5.75 Å². The Morgan fingerprint density at radius 3 is 1.69 bits per heavy atom. The Bertz CT molecular complexity index is 1330. The van der Waals surface area contributed by atoms with Gasteiger partial charge in [0.25, 0.3) is 0 Å². The van der Waals surface area contributed by atoms with E-state index in [9.17, 15) is 19.5 Å². The van der Waals surface area contributed by atoms with Gasteiger partial charge in [-0.3, -0.25) is 9.59 Å². The molecule has 0 heterocycles. The van der Waals surface area contributed by atoms with Gasteiger partial charge in [0, 0.05) is 23.5 Å². The quantitative estimate of drug-likeness (QED) is 0.164. The summed E-state index contributed by atoms with van der Waals surface area (Å²) >= 11 is 1.52. The van der Waals surface area contributed by atoms with Crippen LogP contribution in [0.3, 0.4) is 0 Å². The summed E-state index contributed by atoms with van der Waals surface area (Å²) in [5.74, 6) is -0.308. The number of aliphatic hydroxyl groups excluding tert-OH is 1. The third-order valence-electron chi connectivity index (χ3n) is 6.89. The standard InChI is InChI=1S/C36H47N3O5S/c1-25(2)21-29(32(40)24-45-28-19-13-8-14-20-28)37-33(41)30(22-26-15-9-6-10-16-26)38-34(42)31(23-27-17-11-7-12-18-27)39-35(43)44-36(3,4)5/h6-20,25,29-32,40H,21-24H2,1-5H3,(H,37,41)(H,38,42)(H,39,43)/t29-,30+,31+,32-/m1/s1. The third-order valence-corrected chi connectivity index (χ3v) is 8.00. The fourth-order valence-corrected chi connectivity index (χ4v) is 5.70. The van der Waals surface area contributed by atoms with E-state index in [1.54, 1.807) is 20.8 Å². The van der Waals surface area contributed by atoms with Crippen LogP contribution in [0.2, 0.25) is 0 Å². The molecule has 0 fully saturated rings. The predicted octanol–water partition coefficient (Wildman–Crippen LogP) is 5.53. The Hall–Kier alpha value is -3.82. The zero-order valence-corrected chi connectivity index (χ0v) is 27.7. The lowest BCUT2D eigenvalue weighted by Crippen LogP contribution is -2.57. The van der Waals surface area contributed by atoms with Crippen molar-refractivity contribution in [1.82, 2.24) is 16.0 Å². The van der Waals surface area contributed by atoms with Gasteiger partial charge in [-0.1, -0.05) is 92.7 Å². The molecule has 0 aliphatic rings. The molecule has 0 saturated heterocycles. The molecule has 0 bridgehead atoms. The molecule has 0 unspecified atom stereocenters. The van der Waals surface area contributed by atoms with E-state index < -0.39 is 47.7 Å². The zero-order chi connectivity index (χ0) is 32.8. The molecule has 0 aromatic heterocycles. The van der Waals surface area contributed by atoms with Crippen LogP contribution >= 0.6 is 11.8 Å². The van der Waals surface area contributed by atoms with Crippen molar-refractivity contribution in [1.29, 1.82) is 0 Å². The summed E-state index contributed by atoms with van der Waals surface area (Å²) in [5, 5.41) is 19.8. The molecule has 4 N–H and O–H groups in total. The minimum Gasteiger partial charge on any atom is -0.444 e. The summed E-state index contributed by atoms with van der Waals surface area (Å²) in [6.07, 6.45) is -0.540. The summed E-state index contributed by atoms with van der Waals surface area (Å²) in [4.78, 5) is 41.5. The van der Waals surface area contributed by atoms with Crippen LogP contribution in [0.4, 0.5) is 4.79 Å². The summed E-state index contributed by atoms with van der Waals surface area (Å²) in [5.41, 5.74) is 0.950. The van der Waals surface area contributed by atoms with Gasteiger partial charge < -0.3 is 25.8 Å². The van der Waals surface area contributed by atoms with Crippen molar-refractivity contribution >= 4 is 29.7 Å². The van der Waals surface area contributed by atoms with Gasteiger partial charge >= 0.3 is 6.09 Å². The van der Waals surface area contributed by atoms with Gasteiger partial charge in [0.05, 0.1) is 12.1 Å². The van der Waals surface area contributed by atoms with Gasteiger partial charge in [-0.15, -0.1) is 11.8 Å². The lowest BCUT2D eigenvalue weighted by molar-refractivity contribution is -0.130. The lowest BCUT2D eigenvalue weighted by Gasteiger charge is -2.29. The topological polar surface area (TPSA) is 117 Å². The van der Waals surface area contributed by atoms with E-state index in [0.717, 1.165) is 16.0 Å². The summed E-state index contributed by atoms with van der Waals surface area (Å²) < 4.78 is 5.44. The fraction of sp³-hybridized carbons (Fsp3) is 0.417. The largest absolute Gasteiger partial charge is 0.444 e. The number of benzene rings is 3.